The molecule has 5 heteroatoms. The summed E-state index contributed by atoms with van der Waals surface area (Å²) in [5.41, 5.74) is 2.33. The van der Waals surface area contributed by atoms with Crippen LogP contribution in [0.1, 0.15) is 11.1 Å². The molecule has 2 aromatic carbocycles. The lowest BCUT2D eigenvalue weighted by Crippen LogP contribution is -2.16. The van der Waals surface area contributed by atoms with Gasteiger partial charge < -0.3 is 19.5 Å². The number of fused-ring (bicyclic) bond motifs is 1. The van der Waals surface area contributed by atoms with Crippen LogP contribution in [0.5, 0.6) is 17.2 Å². The second-order valence-electron chi connectivity index (χ2n) is 5.09. The van der Waals surface area contributed by atoms with Crippen LogP contribution in [0, 0.1) is 0 Å². The van der Waals surface area contributed by atoms with Crippen molar-refractivity contribution in [1.82, 2.24) is 5.32 Å². The molecule has 116 valence electrons. The van der Waals surface area contributed by atoms with Gasteiger partial charge in [0.05, 0.1) is 7.11 Å². The number of halogens is 1. The zero-order valence-electron chi connectivity index (χ0n) is 12.4. The Kier molecular flexibility index (Phi) is 4.71. The molecule has 1 aliphatic heterocycles. The number of rotatable bonds is 6. The average molecular weight is 320 g/mol. The average Bonchev–Trinajstić information content (AvgIpc) is 2.99. The van der Waals surface area contributed by atoms with E-state index >= 15 is 0 Å². The van der Waals surface area contributed by atoms with Crippen LogP contribution in [0.25, 0.3) is 0 Å². The van der Waals surface area contributed by atoms with E-state index in [4.69, 9.17) is 25.8 Å². The van der Waals surface area contributed by atoms with Crippen LogP contribution in [0.4, 0.5) is 0 Å². The van der Waals surface area contributed by atoms with E-state index in [0.717, 1.165) is 35.8 Å². The highest BCUT2D eigenvalue weighted by atomic mass is 35.5. The van der Waals surface area contributed by atoms with E-state index in [0.29, 0.717) is 11.5 Å². The number of hydrogen-bond acceptors (Lipinski definition) is 4. The third-order valence-corrected chi connectivity index (χ3v) is 3.76. The molecular formula is C17H18ClNO3. The van der Waals surface area contributed by atoms with E-state index in [2.05, 4.69) is 11.4 Å². The first-order valence-corrected chi connectivity index (χ1v) is 7.56. The van der Waals surface area contributed by atoms with E-state index in [1.165, 1.54) is 5.56 Å². The smallest absolute Gasteiger partial charge is 0.231 e. The first-order chi connectivity index (χ1) is 10.8. The molecule has 0 saturated carbocycles. The molecule has 4 nitrogen and oxygen atoms in total. The predicted molar refractivity (Wildman–Crippen MR) is 86.0 cm³/mol. The zero-order chi connectivity index (χ0) is 15.4. The molecule has 22 heavy (non-hydrogen) atoms. The van der Waals surface area contributed by atoms with Crippen LogP contribution in [-0.2, 0) is 13.0 Å². The van der Waals surface area contributed by atoms with Crippen LogP contribution in [0.3, 0.4) is 0 Å². The highest BCUT2D eigenvalue weighted by Crippen LogP contribution is 2.41. The summed E-state index contributed by atoms with van der Waals surface area (Å²) in [7, 11) is 1.63. The van der Waals surface area contributed by atoms with Gasteiger partial charge in [0, 0.05) is 11.6 Å². The molecule has 0 aromatic heterocycles. The fourth-order valence-electron chi connectivity index (χ4n) is 2.44. The zero-order valence-corrected chi connectivity index (χ0v) is 13.2. The van der Waals surface area contributed by atoms with E-state index in [9.17, 15) is 0 Å². The van der Waals surface area contributed by atoms with Crippen molar-refractivity contribution in [3.8, 4) is 17.2 Å². The lowest BCUT2D eigenvalue weighted by Gasteiger charge is -2.09. The second-order valence-corrected chi connectivity index (χ2v) is 5.52. The Bertz CT molecular complexity index is 660. The molecule has 0 bridgehead atoms. The standard InChI is InChI=1S/C17H18ClNO3/c1-20-15-8-13(9-16-17(15)22-11-21-16)10-19-6-5-12-3-2-4-14(18)7-12/h2-4,7-9,19H,5-6,10-11H2,1H3. The lowest BCUT2D eigenvalue weighted by molar-refractivity contribution is 0.171. The Morgan fingerprint density at radius 2 is 2.09 bits per heavy atom. The van der Waals surface area contributed by atoms with Gasteiger partial charge in [0.1, 0.15) is 0 Å². The van der Waals surface area contributed by atoms with Gasteiger partial charge in [-0.1, -0.05) is 23.7 Å². The van der Waals surface area contributed by atoms with Gasteiger partial charge in [0.15, 0.2) is 11.5 Å². The largest absolute Gasteiger partial charge is 0.493 e. The highest BCUT2D eigenvalue weighted by Gasteiger charge is 2.19. The van der Waals surface area contributed by atoms with Crippen LogP contribution >= 0.6 is 11.6 Å². The van der Waals surface area contributed by atoms with E-state index < -0.39 is 0 Å². The Balaban J connectivity index is 1.56. The maximum atomic E-state index is 5.98. The number of benzene rings is 2. The van der Waals surface area contributed by atoms with Crippen molar-refractivity contribution >= 4 is 11.6 Å². The van der Waals surface area contributed by atoms with Crippen molar-refractivity contribution < 1.29 is 14.2 Å². The van der Waals surface area contributed by atoms with Gasteiger partial charge in [-0.25, -0.2) is 0 Å². The van der Waals surface area contributed by atoms with Gasteiger partial charge in [0.25, 0.3) is 0 Å². The van der Waals surface area contributed by atoms with E-state index in [1.807, 2.05) is 30.3 Å². The van der Waals surface area contributed by atoms with E-state index in [1.54, 1.807) is 7.11 Å². The van der Waals surface area contributed by atoms with Crippen LogP contribution in [0.15, 0.2) is 36.4 Å². The number of nitrogens with one attached hydrogen (secondary N) is 1. The molecule has 0 saturated heterocycles. The monoisotopic (exact) mass is 319 g/mol. The van der Waals surface area contributed by atoms with Crippen LogP contribution in [0.2, 0.25) is 5.02 Å². The molecular weight excluding hydrogens is 302 g/mol. The third kappa shape index (κ3) is 3.46. The Morgan fingerprint density at radius 3 is 2.91 bits per heavy atom. The van der Waals surface area contributed by atoms with Crippen LogP contribution < -0.4 is 19.5 Å². The first-order valence-electron chi connectivity index (χ1n) is 7.18. The van der Waals surface area contributed by atoms with E-state index in [-0.39, 0.29) is 6.79 Å². The lowest BCUT2D eigenvalue weighted by atomic mass is 10.1. The summed E-state index contributed by atoms with van der Waals surface area (Å²) in [6.07, 6.45) is 0.933. The molecule has 0 amide bonds. The Hall–Kier alpha value is -1.91. The van der Waals surface area contributed by atoms with Crippen molar-refractivity contribution in [2.24, 2.45) is 0 Å². The van der Waals surface area contributed by atoms with Crippen molar-refractivity contribution in [3.63, 3.8) is 0 Å². The molecule has 1 aliphatic rings. The Labute approximate surface area is 135 Å². The fraction of sp³-hybridized carbons (Fsp3) is 0.294. The number of methoxy groups -OCH3 is 1. The molecule has 0 aliphatic carbocycles. The first kappa shape index (κ1) is 15.0. The minimum Gasteiger partial charge on any atom is -0.493 e. The normalized spacial score (nSPS) is 12.5. The van der Waals surface area contributed by atoms with Gasteiger partial charge in [0.2, 0.25) is 12.5 Å². The second kappa shape index (κ2) is 6.90. The SMILES string of the molecule is COc1cc(CNCCc2cccc(Cl)c2)cc2c1OCO2. The summed E-state index contributed by atoms with van der Waals surface area (Å²) in [6.45, 7) is 1.86. The summed E-state index contributed by atoms with van der Waals surface area (Å²) in [5.74, 6) is 2.14. The van der Waals surface area contributed by atoms with Gasteiger partial charge in [-0.15, -0.1) is 0 Å². The summed E-state index contributed by atoms with van der Waals surface area (Å²) in [4.78, 5) is 0. The maximum Gasteiger partial charge on any atom is 0.231 e. The van der Waals surface area contributed by atoms with Crippen LogP contribution in [-0.4, -0.2) is 20.4 Å². The molecule has 0 fully saturated rings. The minimum absolute atomic E-state index is 0.247. The molecule has 1 N–H and O–H groups in total. The van der Waals surface area contributed by atoms with Crippen molar-refractivity contribution in [2.75, 3.05) is 20.4 Å². The molecule has 3 rings (SSSR count). The summed E-state index contributed by atoms with van der Waals surface area (Å²) in [5, 5.41) is 4.19. The quantitative estimate of drug-likeness (QED) is 0.828. The topological polar surface area (TPSA) is 39.7 Å². The Morgan fingerprint density at radius 1 is 1.18 bits per heavy atom. The number of hydrogen-bond donors (Lipinski definition) is 1. The van der Waals surface area contributed by atoms with Crippen molar-refractivity contribution in [2.45, 2.75) is 13.0 Å². The van der Waals surface area contributed by atoms with Gasteiger partial charge >= 0.3 is 0 Å². The molecule has 2 aromatic rings. The molecule has 0 radical (unpaired) electrons. The highest BCUT2D eigenvalue weighted by molar-refractivity contribution is 6.30. The van der Waals surface area contributed by atoms with Crippen molar-refractivity contribution in [1.29, 1.82) is 0 Å². The minimum atomic E-state index is 0.247. The maximum absolute atomic E-state index is 5.98. The third-order valence-electron chi connectivity index (χ3n) is 3.53. The molecule has 0 spiro atoms. The van der Waals surface area contributed by atoms with Gasteiger partial charge in [-0.3, -0.25) is 0 Å². The molecule has 1 heterocycles. The fourth-order valence-corrected chi connectivity index (χ4v) is 2.66. The summed E-state index contributed by atoms with van der Waals surface area (Å²) < 4.78 is 16.2. The van der Waals surface area contributed by atoms with Gasteiger partial charge in [-0.05, 0) is 48.4 Å². The summed E-state index contributed by atoms with van der Waals surface area (Å²) >= 11 is 5.98. The molecule has 0 atom stereocenters. The molecule has 0 unspecified atom stereocenters. The number of ether oxygens (including phenoxy) is 3. The van der Waals surface area contributed by atoms with Crippen molar-refractivity contribution in [3.05, 3.63) is 52.5 Å². The predicted octanol–water partition coefficient (Wildman–Crippen LogP) is 3.41. The van der Waals surface area contributed by atoms with Gasteiger partial charge in [-0.2, -0.15) is 0 Å². The summed E-state index contributed by atoms with van der Waals surface area (Å²) in [6, 6.07) is 11.9.